The molecule has 0 aliphatic heterocycles. The fourth-order valence-corrected chi connectivity index (χ4v) is 4.88. The van der Waals surface area contributed by atoms with E-state index in [-0.39, 0.29) is 9.90 Å². The molecule has 9 heteroatoms. The first-order valence-corrected chi connectivity index (χ1v) is 12.3. The van der Waals surface area contributed by atoms with Gasteiger partial charge in [0.15, 0.2) is 11.5 Å². The lowest BCUT2D eigenvalue weighted by atomic mass is 10.2. The Balaban J connectivity index is 1.73. The number of ether oxygens (including phenoxy) is 2. The summed E-state index contributed by atoms with van der Waals surface area (Å²) in [6.45, 7) is 4.79. The fourth-order valence-electron chi connectivity index (χ4n) is 2.81. The van der Waals surface area contributed by atoms with Crippen molar-refractivity contribution in [2.24, 2.45) is 0 Å². The van der Waals surface area contributed by atoms with Crippen LogP contribution in [0.3, 0.4) is 0 Å². The van der Waals surface area contributed by atoms with Gasteiger partial charge in [-0.15, -0.1) is 11.3 Å². The Morgan fingerprint density at radius 1 is 0.969 bits per heavy atom. The van der Waals surface area contributed by atoms with Crippen LogP contribution in [0.1, 0.15) is 19.4 Å². The van der Waals surface area contributed by atoms with Gasteiger partial charge in [0.05, 0.1) is 24.6 Å². The Kier molecular flexibility index (Phi) is 7.91. The Bertz CT molecular complexity index is 1190. The third-order valence-corrected chi connectivity index (χ3v) is 6.95. The number of thiophene rings is 1. The van der Waals surface area contributed by atoms with Crippen molar-refractivity contribution in [1.29, 1.82) is 0 Å². The second kappa shape index (κ2) is 10.8. The number of nitrogens with one attached hydrogen (secondary N) is 2. The van der Waals surface area contributed by atoms with E-state index in [0.29, 0.717) is 30.4 Å². The standard InChI is InChI=1S/C23H24N2O5S2/c1-3-29-20-13-11-17(16-21(20)30-4-2)12-14-22(26)24-18-8-5-6-9-19(18)25-32(27,28)23-10-7-15-31-23/h5-16,25H,3-4H2,1-2H3,(H,24,26)/b14-12+. The van der Waals surface area contributed by atoms with Gasteiger partial charge in [0.25, 0.3) is 10.0 Å². The minimum absolute atomic E-state index is 0.194. The highest BCUT2D eigenvalue weighted by Crippen LogP contribution is 2.29. The van der Waals surface area contributed by atoms with Crippen LogP contribution in [0.2, 0.25) is 0 Å². The van der Waals surface area contributed by atoms with Crippen LogP contribution in [0.25, 0.3) is 6.08 Å². The lowest BCUT2D eigenvalue weighted by Gasteiger charge is -2.12. The highest BCUT2D eigenvalue weighted by atomic mass is 32.2. The molecule has 32 heavy (non-hydrogen) atoms. The quantitative estimate of drug-likeness (QED) is 0.405. The largest absolute Gasteiger partial charge is 0.490 e. The molecular formula is C23H24N2O5S2. The summed E-state index contributed by atoms with van der Waals surface area (Å²) in [4.78, 5) is 12.5. The van der Waals surface area contributed by atoms with Gasteiger partial charge in [-0.2, -0.15) is 0 Å². The lowest BCUT2D eigenvalue weighted by molar-refractivity contribution is -0.111. The Morgan fingerprint density at radius 3 is 2.38 bits per heavy atom. The van der Waals surface area contributed by atoms with Crippen LogP contribution in [0.15, 0.2) is 70.3 Å². The molecule has 0 spiro atoms. The predicted octanol–water partition coefficient (Wildman–Crippen LogP) is 5.00. The first kappa shape index (κ1) is 23.4. The number of hydrogen-bond acceptors (Lipinski definition) is 6. The van der Waals surface area contributed by atoms with Crippen molar-refractivity contribution in [3.8, 4) is 11.5 Å². The van der Waals surface area contributed by atoms with Crippen LogP contribution in [0.5, 0.6) is 11.5 Å². The smallest absolute Gasteiger partial charge is 0.271 e. The highest BCUT2D eigenvalue weighted by molar-refractivity contribution is 7.94. The second-order valence-electron chi connectivity index (χ2n) is 6.48. The summed E-state index contributed by atoms with van der Waals surface area (Å²) in [5.74, 6) is 0.841. The third kappa shape index (κ3) is 6.12. The summed E-state index contributed by atoms with van der Waals surface area (Å²) in [6.07, 6.45) is 3.02. The van der Waals surface area contributed by atoms with E-state index in [9.17, 15) is 13.2 Å². The van der Waals surface area contributed by atoms with Crippen LogP contribution in [-0.2, 0) is 14.8 Å². The van der Waals surface area contributed by atoms with Crippen molar-refractivity contribution >= 4 is 44.7 Å². The monoisotopic (exact) mass is 472 g/mol. The molecule has 0 fully saturated rings. The number of para-hydroxylation sites is 2. The molecule has 0 unspecified atom stereocenters. The number of carbonyl (C=O) groups excluding carboxylic acids is 1. The predicted molar refractivity (Wildman–Crippen MR) is 128 cm³/mol. The summed E-state index contributed by atoms with van der Waals surface area (Å²) >= 11 is 1.11. The minimum atomic E-state index is -3.73. The normalized spacial score (nSPS) is 11.3. The SMILES string of the molecule is CCOc1ccc(/C=C/C(=O)Nc2ccccc2NS(=O)(=O)c2cccs2)cc1OCC. The van der Waals surface area contributed by atoms with E-state index in [0.717, 1.165) is 16.9 Å². The van der Waals surface area contributed by atoms with E-state index in [2.05, 4.69) is 10.0 Å². The average Bonchev–Trinajstić information content (AvgIpc) is 3.32. The van der Waals surface area contributed by atoms with Crippen molar-refractivity contribution in [1.82, 2.24) is 0 Å². The Morgan fingerprint density at radius 2 is 1.69 bits per heavy atom. The number of sulfonamides is 1. The average molecular weight is 473 g/mol. The number of benzene rings is 2. The molecular weight excluding hydrogens is 448 g/mol. The van der Waals surface area contributed by atoms with Gasteiger partial charge in [-0.3, -0.25) is 9.52 Å². The molecule has 1 amide bonds. The van der Waals surface area contributed by atoms with E-state index in [1.807, 2.05) is 19.9 Å². The van der Waals surface area contributed by atoms with E-state index in [1.54, 1.807) is 53.9 Å². The number of rotatable bonds is 10. The number of carbonyl (C=O) groups is 1. The van der Waals surface area contributed by atoms with E-state index in [1.165, 1.54) is 12.1 Å². The highest BCUT2D eigenvalue weighted by Gasteiger charge is 2.17. The maximum atomic E-state index is 12.5. The topological polar surface area (TPSA) is 93.7 Å². The molecule has 0 aliphatic rings. The molecule has 3 rings (SSSR count). The summed E-state index contributed by atoms with van der Waals surface area (Å²) in [5.41, 5.74) is 1.39. The molecule has 7 nitrogen and oxygen atoms in total. The lowest BCUT2D eigenvalue weighted by Crippen LogP contribution is -2.15. The van der Waals surface area contributed by atoms with Gasteiger partial charge in [0.2, 0.25) is 5.91 Å². The van der Waals surface area contributed by atoms with Gasteiger partial charge in [0.1, 0.15) is 4.21 Å². The van der Waals surface area contributed by atoms with Crippen LogP contribution < -0.4 is 19.5 Å². The summed E-state index contributed by atoms with van der Waals surface area (Å²) in [5, 5.41) is 4.40. The molecule has 0 aliphatic carbocycles. The van der Waals surface area contributed by atoms with Crippen LogP contribution in [0.4, 0.5) is 11.4 Å². The van der Waals surface area contributed by atoms with Crippen molar-refractivity contribution < 1.29 is 22.7 Å². The number of amides is 1. The first-order chi connectivity index (χ1) is 15.4. The molecule has 0 radical (unpaired) electrons. The Hall–Kier alpha value is -3.30. The van der Waals surface area contributed by atoms with Crippen molar-refractivity contribution in [2.45, 2.75) is 18.1 Å². The number of hydrogen-bond donors (Lipinski definition) is 2. The van der Waals surface area contributed by atoms with Gasteiger partial charge in [-0.05, 0) is 61.2 Å². The van der Waals surface area contributed by atoms with Gasteiger partial charge in [0, 0.05) is 6.08 Å². The molecule has 0 saturated carbocycles. The van der Waals surface area contributed by atoms with Crippen LogP contribution in [0, 0.1) is 0 Å². The van der Waals surface area contributed by atoms with Gasteiger partial charge < -0.3 is 14.8 Å². The van der Waals surface area contributed by atoms with E-state index in [4.69, 9.17) is 9.47 Å². The summed E-state index contributed by atoms with van der Waals surface area (Å²) in [6, 6.07) is 15.2. The molecule has 0 atom stereocenters. The van der Waals surface area contributed by atoms with Crippen molar-refractivity contribution in [3.05, 3.63) is 71.6 Å². The molecule has 1 heterocycles. The zero-order valence-corrected chi connectivity index (χ0v) is 19.3. The fraction of sp³-hybridized carbons (Fsp3) is 0.174. The summed E-state index contributed by atoms with van der Waals surface area (Å²) < 4.78 is 38.9. The van der Waals surface area contributed by atoms with Gasteiger partial charge in [-0.1, -0.05) is 24.3 Å². The zero-order valence-electron chi connectivity index (χ0n) is 17.7. The third-order valence-electron chi connectivity index (χ3n) is 4.18. The molecule has 2 aromatic carbocycles. The molecule has 1 aromatic heterocycles. The van der Waals surface area contributed by atoms with E-state index >= 15 is 0 Å². The van der Waals surface area contributed by atoms with Crippen LogP contribution in [-0.4, -0.2) is 27.5 Å². The number of anilines is 2. The van der Waals surface area contributed by atoms with Gasteiger partial charge >= 0.3 is 0 Å². The summed E-state index contributed by atoms with van der Waals surface area (Å²) in [7, 11) is -3.73. The molecule has 0 bridgehead atoms. The molecule has 168 valence electrons. The maximum Gasteiger partial charge on any atom is 0.271 e. The van der Waals surface area contributed by atoms with E-state index < -0.39 is 15.9 Å². The van der Waals surface area contributed by atoms with Gasteiger partial charge in [-0.25, -0.2) is 8.42 Å². The first-order valence-electron chi connectivity index (χ1n) is 9.97. The maximum absolute atomic E-state index is 12.5. The minimum Gasteiger partial charge on any atom is -0.490 e. The zero-order chi connectivity index (χ0) is 23.0. The molecule has 3 aromatic rings. The molecule has 0 saturated heterocycles. The van der Waals surface area contributed by atoms with Crippen molar-refractivity contribution in [2.75, 3.05) is 23.3 Å². The van der Waals surface area contributed by atoms with Crippen LogP contribution >= 0.6 is 11.3 Å². The Labute approximate surface area is 191 Å². The van der Waals surface area contributed by atoms with Crippen molar-refractivity contribution in [3.63, 3.8) is 0 Å². The molecule has 2 N–H and O–H groups in total. The second-order valence-corrected chi connectivity index (χ2v) is 9.33.